The molecule has 0 atom stereocenters. The Morgan fingerprint density at radius 3 is 1.97 bits per heavy atom. The molecule has 0 unspecified atom stereocenters. The fourth-order valence-corrected chi connectivity index (χ4v) is 3.75. The van der Waals surface area contributed by atoms with Crippen LogP contribution in [0.25, 0.3) is 11.3 Å². The van der Waals surface area contributed by atoms with E-state index >= 15 is 0 Å². The molecule has 186 valence electrons. The van der Waals surface area contributed by atoms with Crippen molar-refractivity contribution in [2.45, 2.75) is 46.3 Å². The molecule has 3 aromatic carbocycles. The van der Waals surface area contributed by atoms with Gasteiger partial charge in [-0.25, -0.2) is 4.79 Å². The lowest BCUT2D eigenvalue weighted by molar-refractivity contribution is 0.0514. The number of ether oxygens (including phenoxy) is 3. The van der Waals surface area contributed by atoms with Crippen molar-refractivity contribution in [1.29, 1.82) is 0 Å². The quantitative estimate of drug-likeness (QED) is 0.238. The fourth-order valence-electron chi connectivity index (χ4n) is 3.75. The lowest BCUT2D eigenvalue weighted by Crippen LogP contribution is -2.14. The summed E-state index contributed by atoms with van der Waals surface area (Å²) in [6.45, 7) is 9.16. The summed E-state index contributed by atoms with van der Waals surface area (Å²) < 4.78 is 23.2. The highest BCUT2D eigenvalue weighted by Gasteiger charge is 2.25. The summed E-state index contributed by atoms with van der Waals surface area (Å²) in [6, 6.07) is 25.4. The van der Waals surface area contributed by atoms with Crippen molar-refractivity contribution in [2.24, 2.45) is 0 Å². The maximum Gasteiger partial charge on any atom is 0.360 e. The van der Waals surface area contributed by atoms with Crippen molar-refractivity contribution in [3.8, 4) is 22.8 Å². The lowest BCUT2D eigenvalue weighted by atomic mass is 9.84. The summed E-state index contributed by atoms with van der Waals surface area (Å²) in [7, 11) is 0. The summed E-state index contributed by atoms with van der Waals surface area (Å²) in [5.41, 5.74) is 3.65. The van der Waals surface area contributed by atoms with Crippen LogP contribution < -0.4 is 9.47 Å². The van der Waals surface area contributed by atoms with Crippen molar-refractivity contribution in [3.63, 3.8) is 0 Å². The van der Waals surface area contributed by atoms with Crippen LogP contribution in [-0.4, -0.2) is 17.7 Å². The summed E-state index contributed by atoms with van der Waals surface area (Å²) in [6.07, 6.45) is 0. The standard InChI is InChI=1S/C30H31NO5/c1-5-33-29(32)25-17-27(36-31-25)23-16-24(30(2,3)4)28(35-20-22-14-10-7-11-15-22)18-26(23)34-19-21-12-8-6-9-13-21/h6-18H,5,19-20H2,1-4H3. The first-order valence-corrected chi connectivity index (χ1v) is 12.0. The van der Waals surface area contributed by atoms with E-state index in [9.17, 15) is 4.79 Å². The minimum atomic E-state index is -0.530. The molecule has 0 amide bonds. The second-order valence-electron chi connectivity index (χ2n) is 9.44. The number of nitrogens with zero attached hydrogens (tertiary/aromatic N) is 1. The molecule has 6 nitrogen and oxygen atoms in total. The normalized spacial score (nSPS) is 11.2. The Bertz CT molecular complexity index is 1290. The summed E-state index contributed by atoms with van der Waals surface area (Å²) in [5, 5.41) is 3.92. The van der Waals surface area contributed by atoms with Gasteiger partial charge >= 0.3 is 5.97 Å². The van der Waals surface area contributed by atoms with Gasteiger partial charge in [0.1, 0.15) is 24.7 Å². The molecule has 4 aromatic rings. The van der Waals surface area contributed by atoms with Crippen molar-refractivity contribution in [2.75, 3.05) is 6.61 Å². The Morgan fingerprint density at radius 1 is 0.833 bits per heavy atom. The topological polar surface area (TPSA) is 70.8 Å². The van der Waals surface area contributed by atoms with Gasteiger partial charge in [0.2, 0.25) is 0 Å². The second kappa shape index (κ2) is 11.1. The van der Waals surface area contributed by atoms with Gasteiger partial charge in [0.05, 0.1) is 12.2 Å². The van der Waals surface area contributed by atoms with Crippen LogP contribution in [0.5, 0.6) is 11.5 Å². The van der Waals surface area contributed by atoms with Gasteiger partial charge in [-0.15, -0.1) is 0 Å². The number of carbonyl (C=O) groups excluding carboxylic acids is 1. The zero-order chi connectivity index (χ0) is 25.5. The number of esters is 1. The van der Waals surface area contributed by atoms with Crippen LogP contribution in [0.2, 0.25) is 0 Å². The molecule has 0 bridgehead atoms. The molecule has 0 N–H and O–H groups in total. The molecular formula is C30H31NO5. The van der Waals surface area contributed by atoms with Crippen LogP contribution in [0.4, 0.5) is 0 Å². The molecule has 4 rings (SSSR count). The van der Waals surface area contributed by atoms with Crippen molar-refractivity contribution in [1.82, 2.24) is 5.16 Å². The van der Waals surface area contributed by atoms with Gasteiger partial charge in [-0.05, 0) is 29.5 Å². The molecule has 6 heteroatoms. The van der Waals surface area contributed by atoms with E-state index < -0.39 is 5.97 Å². The van der Waals surface area contributed by atoms with Crippen LogP contribution in [-0.2, 0) is 23.4 Å². The minimum absolute atomic E-state index is 0.113. The predicted octanol–water partition coefficient (Wildman–Crippen LogP) is 6.97. The molecule has 0 saturated carbocycles. The smallest absolute Gasteiger partial charge is 0.360 e. The Morgan fingerprint density at radius 2 is 1.42 bits per heavy atom. The Labute approximate surface area is 211 Å². The van der Waals surface area contributed by atoms with Crippen LogP contribution in [0.15, 0.2) is 83.4 Å². The SMILES string of the molecule is CCOC(=O)c1cc(-c2cc(C(C)(C)C)c(OCc3ccccc3)cc2OCc2ccccc2)on1. The van der Waals surface area contributed by atoms with Gasteiger partial charge < -0.3 is 18.7 Å². The number of hydrogen-bond donors (Lipinski definition) is 0. The maximum atomic E-state index is 12.2. The fraction of sp³-hybridized carbons (Fsp3) is 0.267. The number of carbonyl (C=O) groups is 1. The zero-order valence-electron chi connectivity index (χ0n) is 21.1. The first kappa shape index (κ1) is 25.0. The largest absolute Gasteiger partial charge is 0.488 e. The molecule has 0 spiro atoms. The van der Waals surface area contributed by atoms with Crippen LogP contribution in [0.3, 0.4) is 0 Å². The molecule has 0 saturated heterocycles. The van der Waals surface area contributed by atoms with Crippen molar-refractivity contribution in [3.05, 3.63) is 101 Å². The highest BCUT2D eigenvalue weighted by atomic mass is 16.5. The Hall–Kier alpha value is -4.06. The summed E-state index contributed by atoms with van der Waals surface area (Å²) in [5.74, 6) is 1.18. The van der Waals surface area contributed by atoms with Gasteiger partial charge in [-0.1, -0.05) is 86.6 Å². The maximum absolute atomic E-state index is 12.2. The molecule has 0 fully saturated rings. The number of aromatic nitrogens is 1. The van der Waals surface area contributed by atoms with E-state index in [0.29, 0.717) is 30.3 Å². The van der Waals surface area contributed by atoms with Gasteiger partial charge in [-0.2, -0.15) is 0 Å². The van der Waals surface area contributed by atoms with Crippen molar-refractivity contribution >= 4 is 5.97 Å². The van der Waals surface area contributed by atoms with Crippen LogP contribution in [0.1, 0.15) is 54.9 Å². The lowest BCUT2D eigenvalue weighted by Gasteiger charge is -2.25. The van der Waals surface area contributed by atoms with Crippen LogP contribution in [0, 0.1) is 0 Å². The highest BCUT2D eigenvalue weighted by Crippen LogP contribution is 2.42. The third-order valence-electron chi connectivity index (χ3n) is 5.62. The first-order chi connectivity index (χ1) is 17.3. The second-order valence-corrected chi connectivity index (χ2v) is 9.44. The highest BCUT2D eigenvalue weighted by molar-refractivity contribution is 5.88. The van der Waals surface area contributed by atoms with Gasteiger partial charge in [0.15, 0.2) is 11.5 Å². The van der Waals surface area contributed by atoms with E-state index in [4.69, 9.17) is 18.7 Å². The summed E-state index contributed by atoms with van der Waals surface area (Å²) in [4.78, 5) is 12.2. The first-order valence-electron chi connectivity index (χ1n) is 12.0. The third-order valence-corrected chi connectivity index (χ3v) is 5.62. The molecule has 0 aliphatic heterocycles. The average Bonchev–Trinajstić information content (AvgIpc) is 3.37. The number of rotatable bonds is 9. The predicted molar refractivity (Wildman–Crippen MR) is 138 cm³/mol. The van der Waals surface area contributed by atoms with Gasteiger partial charge in [0, 0.05) is 17.7 Å². The van der Waals surface area contributed by atoms with Crippen molar-refractivity contribution < 1.29 is 23.5 Å². The average molecular weight is 486 g/mol. The molecule has 36 heavy (non-hydrogen) atoms. The molecule has 0 aliphatic rings. The van der Waals surface area contributed by atoms with E-state index in [2.05, 4.69) is 25.9 Å². The van der Waals surface area contributed by atoms with E-state index in [1.807, 2.05) is 72.8 Å². The summed E-state index contributed by atoms with van der Waals surface area (Å²) >= 11 is 0. The van der Waals surface area contributed by atoms with Gasteiger partial charge in [0.25, 0.3) is 0 Å². The van der Waals surface area contributed by atoms with E-state index in [-0.39, 0.29) is 17.7 Å². The Kier molecular flexibility index (Phi) is 7.74. The molecular weight excluding hydrogens is 454 g/mol. The number of benzene rings is 3. The number of hydrogen-bond acceptors (Lipinski definition) is 6. The molecule has 1 heterocycles. The molecule has 0 aliphatic carbocycles. The minimum Gasteiger partial charge on any atom is -0.488 e. The van der Waals surface area contributed by atoms with Gasteiger partial charge in [-0.3, -0.25) is 0 Å². The van der Waals surface area contributed by atoms with E-state index in [1.165, 1.54) is 0 Å². The van der Waals surface area contributed by atoms with Crippen LogP contribution >= 0.6 is 0 Å². The molecule has 1 aromatic heterocycles. The Balaban J connectivity index is 1.75. The van der Waals surface area contributed by atoms with E-state index in [0.717, 1.165) is 22.4 Å². The zero-order valence-corrected chi connectivity index (χ0v) is 21.1. The van der Waals surface area contributed by atoms with E-state index in [1.54, 1.807) is 13.0 Å². The molecule has 0 radical (unpaired) electrons. The monoisotopic (exact) mass is 485 g/mol. The third kappa shape index (κ3) is 6.13.